The summed E-state index contributed by atoms with van der Waals surface area (Å²) >= 11 is 0. The summed E-state index contributed by atoms with van der Waals surface area (Å²) in [6, 6.07) is 14.8. The van der Waals surface area contributed by atoms with Crippen molar-refractivity contribution in [3.63, 3.8) is 0 Å². The molecule has 0 heterocycles. The zero-order valence-electron chi connectivity index (χ0n) is 13.9. The molecule has 5 heteroatoms. The van der Waals surface area contributed by atoms with Crippen molar-refractivity contribution in [2.75, 3.05) is 11.9 Å². The van der Waals surface area contributed by atoms with E-state index in [0.29, 0.717) is 25.0 Å². The highest BCUT2D eigenvalue weighted by atomic mass is 16.5. The molecule has 128 valence electrons. The lowest BCUT2D eigenvalue weighted by molar-refractivity contribution is -0.144. The van der Waals surface area contributed by atoms with Gasteiger partial charge in [0.2, 0.25) is 6.41 Å². The summed E-state index contributed by atoms with van der Waals surface area (Å²) in [5, 5.41) is 2.59. The van der Waals surface area contributed by atoms with Gasteiger partial charge in [-0.15, -0.1) is 0 Å². The zero-order chi connectivity index (χ0) is 17.8. The molecule has 1 saturated carbocycles. The fourth-order valence-corrected chi connectivity index (χ4v) is 2.86. The van der Waals surface area contributed by atoms with Crippen molar-refractivity contribution in [3.05, 3.63) is 54.1 Å². The van der Waals surface area contributed by atoms with Crippen LogP contribution in [0.1, 0.15) is 23.7 Å². The van der Waals surface area contributed by atoms with Crippen LogP contribution in [0.25, 0.3) is 11.1 Å². The van der Waals surface area contributed by atoms with Gasteiger partial charge < -0.3 is 10.1 Å². The van der Waals surface area contributed by atoms with Crippen LogP contribution in [0.4, 0.5) is 5.69 Å². The van der Waals surface area contributed by atoms with Gasteiger partial charge in [-0.25, -0.2) is 0 Å². The lowest BCUT2D eigenvalue weighted by Gasteiger charge is -2.06. The predicted octanol–water partition coefficient (Wildman–Crippen LogP) is 3.30. The largest absolute Gasteiger partial charge is 0.466 e. The van der Waals surface area contributed by atoms with E-state index in [1.165, 1.54) is 0 Å². The molecule has 0 bridgehead atoms. The molecule has 0 radical (unpaired) electrons. The minimum absolute atomic E-state index is 0.00451. The first-order chi connectivity index (χ1) is 12.1. The highest BCUT2D eigenvalue weighted by Crippen LogP contribution is 2.42. The number of nitrogens with one attached hydrogen (secondary N) is 1. The topological polar surface area (TPSA) is 72.5 Å². The predicted molar refractivity (Wildman–Crippen MR) is 94.1 cm³/mol. The number of ketones is 1. The Bertz CT molecular complexity index is 780. The maximum Gasteiger partial charge on any atom is 0.309 e. The first-order valence-electron chi connectivity index (χ1n) is 8.25. The number of carbonyl (C=O) groups is 3. The number of ether oxygens (including phenoxy) is 1. The second-order valence-corrected chi connectivity index (χ2v) is 5.98. The van der Waals surface area contributed by atoms with E-state index in [9.17, 15) is 14.4 Å². The van der Waals surface area contributed by atoms with Crippen LogP contribution in [0.3, 0.4) is 0 Å². The van der Waals surface area contributed by atoms with E-state index in [2.05, 4.69) is 5.32 Å². The van der Waals surface area contributed by atoms with Gasteiger partial charge in [-0.2, -0.15) is 0 Å². The summed E-state index contributed by atoms with van der Waals surface area (Å²) in [5.74, 6) is -0.819. The van der Waals surface area contributed by atoms with Crippen molar-refractivity contribution in [3.8, 4) is 11.1 Å². The highest BCUT2D eigenvalue weighted by molar-refractivity contribution is 6.03. The van der Waals surface area contributed by atoms with Gasteiger partial charge >= 0.3 is 5.97 Å². The van der Waals surface area contributed by atoms with Gasteiger partial charge in [0.25, 0.3) is 0 Å². The minimum atomic E-state index is -0.287. The number of Topliss-reactive ketones (excluding diaryl/α,β-unsaturated/α-hetero) is 1. The van der Waals surface area contributed by atoms with Gasteiger partial charge in [-0.1, -0.05) is 36.4 Å². The molecule has 0 aliphatic heterocycles. The maximum absolute atomic E-state index is 12.4. The Morgan fingerprint density at radius 1 is 1.04 bits per heavy atom. The van der Waals surface area contributed by atoms with E-state index < -0.39 is 0 Å². The number of amides is 1. The molecule has 1 fully saturated rings. The molecule has 25 heavy (non-hydrogen) atoms. The van der Waals surface area contributed by atoms with Crippen LogP contribution in [0.5, 0.6) is 0 Å². The fraction of sp³-hybridized carbons (Fsp3) is 0.250. The lowest BCUT2D eigenvalue weighted by atomic mass is 10.0. The molecule has 1 amide bonds. The van der Waals surface area contributed by atoms with Gasteiger partial charge in [0.15, 0.2) is 5.78 Å². The summed E-state index contributed by atoms with van der Waals surface area (Å²) < 4.78 is 4.97. The summed E-state index contributed by atoms with van der Waals surface area (Å²) in [5.41, 5.74) is 3.31. The van der Waals surface area contributed by atoms with Crippen molar-refractivity contribution in [1.29, 1.82) is 0 Å². The Labute approximate surface area is 146 Å². The molecule has 2 aromatic rings. The van der Waals surface area contributed by atoms with Crippen LogP contribution in [0.2, 0.25) is 0 Å². The van der Waals surface area contributed by atoms with Gasteiger partial charge in [-0.05, 0) is 36.6 Å². The number of rotatable bonds is 7. The van der Waals surface area contributed by atoms with Crippen molar-refractivity contribution in [2.45, 2.75) is 13.3 Å². The zero-order valence-corrected chi connectivity index (χ0v) is 13.9. The average Bonchev–Trinajstić information content (AvgIpc) is 3.43. The normalized spacial score (nSPS) is 18.3. The summed E-state index contributed by atoms with van der Waals surface area (Å²) in [6.45, 7) is 2.10. The number of carbonyl (C=O) groups excluding carboxylic acids is 3. The molecule has 1 aliphatic carbocycles. The van der Waals surface area contributed by atoms with E-state index >= 15 is 0 Å². The lowest BCUT2D eigenvalue weighted by Crippen LogP contribution is -2.11. The fourth-order valence-electron chi connectivity index (χ4n) is 2.86. The van der Waals surface area contributed by atoms with Crippen LogP contribution in [0.15, 0.2) is 48.5 Å². The molecule has 0 aromatic heterocycles. The van der Waals surface area contributed by atoms with Crippen molar-refractivity contribution < 1.29 is 19.1 Å². The van der Waals surface area contributed by atoms with Crippen LogP contribution >= 0.6 is 0 Å². The Morgan fingerprint density at radius 2 is 1.64 bits per heavy atom. The van der Waals surface area contributed by atoms with Crippen LogP contribution in [-0.4, -0.2) is 24.8 Å². The molecule has 1 N–H and O–H groups in total. The SMILES string of the molecule is CCOC(=O)[C@H]1C[C@@H]1C(=O)c1ccc(-c2ccc(NC=O)cc2)cc1. The molecule has 2 atom stereocenters. The second kappa shape index (κ2) is 7.30. The van der Waals surface area contributed by atoms with Gasteiger partial charge in [0.05, 0.1) is 12.5 Å². The molecule has 0 spiro atoms. The summed E-state index contributed by atoms with van der Waals surface area (Å²) in [4.78, 5) is 34.5. The molecular formula is C20H19NO4. The standard InChI is InChI=1S/C20H19NO4/c1-2-25-20(24)18-11-17(18)19(23)15-5-3-13(4-6-15)14-7-9-16(10-8-14)21-12-22/h3-10,12,17-18H,2,11H2,1H3,(H,21,22)/t17-,18-/m0/s1. The smallest absolute Gasteiger partial charge is 0.309 e. The third-order valence-corrected chi connectivity index (χ3v) is 4.33. The first kappa shape index (κ1) is 16.9. The van der Waals surface area contributed by atoms with E-state index in [-0.39, 0.29) is 23.6 Å². The third-order valence-electron chi connectivity index (χ3n) is 4.33. The quantitative estimate of drug-likeness (QED) is 0.478. The van der Waals surface area contributed by atoms with Crippen molar-refractivity contribution in [1.82, 2.24) is 0 Å². The van der Waals surface area contributed by atoms with E-state index in [4.69, 9.17) is 4.74 Å². The van der Waals surface area contributed by atoms with E-state index in [1.54, 1.807) is 19.1 Å². The van der Waals surface area contributed by atoms with Gasteiger partial charge in [0.1, 0.15) is 0 Å². The molecule has 0 unspecified atom stereocenters. The highest BCUT2D eigenvalue weighted by Gasteiger charge is 2.49. The number of anilines is 1. The Hall–Kier alpha value is -2.95. The Kier molecular flexibility index (Phi) is 4.93. The maximum atomic E-state index is 12.4. The van der Waals surface area contributed by atoms with Crippen molar-refractivity contribution >= 4 is 23.9 Å². The Balaban J connectivity index is 1.67. The molecule has 2 aromatic carbocycles. The molecule has 3 rings (SSSR count). The van der Waals surface area contributed by atoms with Crippen LogP contribution in [-0.2, 0) is 14.3 Å². The minimum Gasteiger partial charge on any atom is -0.466 e. The molecule has 5 nitrogen and oxygen atoms in total. The van der Waals surface area contributed by atoms with Crippen LogP contribution in [0, 0.1) is 11.8 Å². The van der Waals surface area contributed by atoms with Gasteiger partial charge in [-0.3, -0.25) is 14.4 Å². The first-order valence-corrected chi connectivity index (χ1v) is 8.25. The molecule has 1 aliphatic rings. The second-order valence-electron chi connectivity index (χ2n) is 5.98. The van der Waals surface area contributed by atoms with Crippen LogP contribution < -0.4 is 5.32 Å². The molecular weight excluding hydrogens is 318 g/mol. The van der Waals surface area contributed by atoms with E-state index in [1.807, 2.05) is 36.4 Å². The average molecular weight is 337 g/mol. The number of esters is 1. The monoisotopic (exact) mass is 337 g/mol. The summed E-state index contributed by atoms with van der Waals surface area (Å²) in [6.07, 6.45) is 1.21. The Morgan fingerprint density at radius 3 is 2.20 bits per heavy atom. The van der Waals surface area contributed by atoms with E-state index in [0.717, 1.165) is 16.8 Å². The van der Waals surface area contributed by atoms with Crippen molar-refractivity contribution in [2.24, 2.45) is 11.8 Å². The third kappa shape index (κ3) is 3.76. The number of hydrogen-bond donors (Lipinski definition) is 1. The summed E-state index contributed by atoms with van der Waals surface area (Å²) in [7, 11) is 0. The number of hydrogen-bond acceptors (Lipinski definition) is 4. The number of benzene rings is 2. The van der Waals surface area contributed by atoms with Gasteiger partial charge in [0, 0.05) is 17.2 Å². The molecule has 0 saturated heterocycles.